The predicted octanol–water partition coefficient (Wildman–Crippen LogP) is 3.84. The molecule has 2 aromatic heterocycles. The molecule has 2 heterocycles. The SMILES string of the molecule is CCCc1nc(-c2ccc(C)cn2)nc(NCC)c1I. The quantitative estimate of drug-likeness (QED) is 0.799. The van der Waals surface area contributed by atoms with Crippen LogP contribution in [0.3, 0.4) is 0 Å². The molecular formula is C15H19IN4. The molecule has 0 spiro atoms. The van der Waals surface area contributed by atoms with Gasteiger partial charge in [0.25, 0.3) is 0 Å². The minimum Gasteiger partial charge on any atom is -0.369 e. The van der Waals surface area contributed by atoms with Crippen molar-refractivity contribution in [3.05, 3.63) is 33.2 Å². The van der Waals surface area contributed by atoms with Gasteiger partial charge in [0.15, 0.2) is 5.82 Å². The first-order valence-corrected chi connectivity index (χ1v) is 7.96. The molecule has 0 aliphatic carbocycles. The number of anilines is 1. The first kappa shape index (κ1) is 15.2. The van der Waals surface area contributed by atoms with Crippen molar-refractivity contribution in [3.63, 3.8) is 0 Å². The van der Waals surface area contributed by atoms with Crippen LogP contribution in [0, 0.1) is 10.5 Å². The van der Waals surface area contributed by atoms with Crippen molar-refractivity contribution in [2.24, 2.45) is 0 Å². The lowest BCUT2D eigenvalue weighted by Crippen LogP contribution is -2.08. The average Bonchev–Trinajstić information content (AvgIpc) is 2.44. The number of aromatic nitrogens is 3. The Bertz CT molecular complexity index is 554. The van der Waals surface area contributed by atoms with Crippen LogP contribution in [0.25, 0.3) is 11.5 Å². The van der Waals surface area contributed by atoms with E-state index in [-0.39, 0.29) is 0 Å². The van der Waals surface area contributed by atoms with Gasteiger partial charge in [0.05, 0.1) is 9.26 Å². The van der Waals surface area contributed by atoms with Crippen LogP contribution in [0.1, 0.15) is 31.5 Å². The maximum absolute atomic E-state index is 4.68. The molecule has 0 bridgehead atoms. The monoisotopic (exact) mass is 382 g/mol. The van der Waals surface area contributed by atoms with E-state index in [0.717, 1.165) is 45.7 Å². The molecule has 2 aromatic rings. The Morgan fingerprint density at radius 3 is 2.60 bits per heavy atom. The second kappa shape index (κ2) is 6.97. The molecule has 0 amide bonds. The molecule has 106 valence electrons. The van der Waals surface area contributed by atoms with Gasteiger partial charge in [0, 0.05) is 12.7 Å². The highest BCUT2D eigenvalue weighted by molar-refractivity contribution is 14.1. The molecule has 0 atom stereocenters. The van der Waals surface area contributed by atoms with Crippen LogP contribution in [-0.2, 0) is 6.42 Å². The van der Waals surface area contributed by atoms with Crippen molar-refractivity contribution in [2.45, 2.75) is 33.6 Å². The van der Waals surface area contributed by atoms with E-state index in [1.807, 2.05) is 25.3 Å². The van der Waals surface area contributed by atoms with Crippen LogP contribution >= 0.6 is 22.6 Å². The van der Waals surface area contributed by atoms with Gasteiger partial charge in [-0.05, 0) is 54.5 Å². The van der Waals surface area contributed by atoms with Crippen LogP contribution in [0.5, 0.6) is 0 Å². The Hall–Kier alpha value is -1.24. The molecule has 0 fully saturated rings. The highest BCUT2D eigenvalue weighted by Gasteiger charge is 2.13. The fourth-order valence-corrected chi connectivity index (χ4v) is 2.60. The van der Waals surface area contributed by atoms with Crippen molar-refractivity contribution >= 4 is 28.4 Å². The third kappa shape index (κ3) is 3.45. The third-order valence-corrected chi connectivity index (χ3v) is 4.02. The number of nitrogens with zero attached hydrogens (tertiary/aromatic N) is 3. The molecule has 0 aliphatic rings. The summed E-state index contributed by atoms with van der Waals surface area (Å²) in [5.74, 6) is 1.61. The van der Waals surface area contributed by atoms with Gasteiger partial charge in [-0.3, -0.25) is 4.98 Å². The highest BCUT2D eigenvalue weighted by atomic mass is 127. The molecule has 0 saturated carbocycles. The summed E-state index contributed by atoms with van der Waals surface area (Å²) in [5, 5.41) is 3.31. The Kier molecular flexibility index (Phi) is 5.28. The van der Waals surface area contributed by atoms with Crippen molar-refractivity contribution < 1.29 is 0 Å². The van der Waals surface area contributed by atoms with Gasteiger partial charge in [-0.1, -0.05) is 19.4 Å². The molecule has 0 aliphatic heterocycles. The lowest BCUT2D eigenvalue weighted by molar-refractivity contribution is 0.865. The topological polar surface area (TPSA) is 50.7 Å². The van der Waals surface area contributed by atoms with E-state index in [9.17, 15) is 0 Å². The van der Waals surface area contributed by atoms with Crippen LogP contribution < -0.4 is 5.32 Å². The smallest absolute Gasteiger partial charge is 0.180 e. The number of hydrogen-bond acceptors (Lipinski definition) is 4. The van der Waals surface area contributed by atoms with Crippen LogP contribution in [0.15, 0.2) is 18.3 Å². The molecule has 0 saturated heterocycles. The summed E-state index contributed by atoms with van der Waals surface area (Å²) in [6.45, 7) is 7.11. The number of rotatable bonds is 5. The Labute approximate surface area is 133 Å². The number of hydrogen-bond donors (Lipinski definition) is 1. The van der Waals surface area contributed by atoms with E-state index < -0.39 is 0 Å². The van der Waals surface area contributed by atoms with Crippen molar-refractivity contribution in [1.29, 1.82) is 0 Å². The second-order valence-electron chi connectivity index (χ2n) is 4.66. The van der Waals surface area contributed by atoms with E-state index in [1.165, 1.54) is 0 Å². The summed E-state index contributed by atoms with van der Waals surface area (Å²) in [6.07, 6.45) is 3.88. The molecule has 2 rings (SSSR count). The zero-order chi connectivity index (χ0) is 14.5. The summed E-state index contributed by atoms with van der Waals surface area (Å²) in [7, 11) is 0. The Balaban J connectivity index is 2.49. The molecule has 5 heteroatoms. The lowest BCUT2D eigenvalue weighted by Gasteiger charge is -2.11. The van der Waals surface area contributed by atoms with Crippen molar-refractivity contribution in [1.82, 2.24) is 15.0 Å². The number of nitrogens with one attached hydrogen (secondary N) is 1. The average molecular weight is 382 g/mol. The predicted molar refractivity (Wildman–Crippen MR) is 90.9 cm³/mol. The van der Waals surface area contributed by atoms with Gasteiger partial charge in [-0.25, -0.2) is 9.97 Å². The number of aryl methyl sites for hydroxylation is 2. The standard InChI is InChI=1S/C15H19IN4/c1-4-6-11-13(16)15(17-5-2)20-14(19-11)12-8-7-10(3)9-18-12/h7-9H,4-6H2,1-3H3,(H,17,19,20). The summed E-state index contributed by atoms with van der Waals surface area (Å²) in [6, 6.07) is 4.01. The van der Waals surface area contributed by atoms with Gasteiger partial charge in [-0.15, -0.1) is 0 Å². The van der Waals surface area contributed by atoms with Gasteiger partial charge >= 0.3 is 0 Å². The van der Waals surface area contributed by atoms with E-state index in [2.05, 4.69) is 56.7 Å². The van der Waals surface area contributed by atoms with Crippen LogP contribution in [0.2, 0.25) is 0 Å². The highest BCUT2D eigenvalue weighted by Crippen LogP contribution is 2.24. The second-order valence-corrected chi connectivity index (χ2v) is 5.74. The van der Waals surface area contributed by atoms with E-state index in [1.54, 1.807) is 0 Å². The molecule has 0 radical (unpaired) electrons. The van der Waals surface area contributed by atoms with Crippen LogP contribution in [-0.4, -0.2) is 21.5 Å². The zero-order valence-electron chi connectivity index (χ0n) is 12.1. The summed E-state index contributed by atoms with van der Waals surface area (Å²) < 4.78 is 1.11. The fourth-order valence-electron chi connectivity index (χ4n) is 1.90. The minimum absolute atomic E-state index is 0.699. The third-order valence-electron chi connectivity index (χ3n) is 2.89. The molecule has 4 nitrogen and oxygen atoms in total. The normalized spacial score (nSPS) is 10.6. The Morgan fingerprint density at radius 1 is 1.20 bits per heavy atom. The summed E-state index contributed by atoms with van der Waals surface area (Å²) >= 11 is 2.32. The molecule has 0 unspecified atom stereocenters. The van der Waals surface area contributed by atoms with Crippen molar-refractivity contribution in [2.75, 3.05) is 11.9 Å². The number of halogens is 1. The Morgan fingerprint density at radius 2 is 2.00 bits per heavy atom. The minimum atomic E-state index is 0.699. The molecule has 20 heavy (non-hydrogen) atoms. The van der Waals surface area contributed by atoms with Gasteiger partial charge in [-0.2, -0.15) is 0 Å². The van der Waals surface area contributed by atoms with Crippen LogP contribution in [0.4, 0.5) is 5.82 Å². The lowest BCUT2D eigenvalue weighted by atomic mass is 10.2. The van der Waals surface area contributed by atoms with E-state index in [4.69, 9.17) is 0 Å². The fraction of sp³-hybridized carbons (Fsp3) is 0.400. The van der Waals surface area contributed by atoms with E-state index >= 15 is 0 Å². The largest absolute Gasteiger partial charge is 0.369 e. The first-order chi connectivity index (χ1) is 9.65. The molecule has 1 N–H and O–H groups in total. The number of pyridine rings is 1. The zero-order valence-corrected chi connectivity index (χ0v) is 14.2. The summed E-state index contributed by atoms with van der Waals surface area (Å²) in [5.41, 5.74) is 3.06. The molecular weight excluding hydrogens is 363 g/mol. The molecule has 0 aromatic carbocycles. The first-order valence-electron chi connectivity index (χ1n) is 6.89. The maximum Gasteiger partial charge on any atom is 0.180 e. The van der Waals surface area contributed by atoms with Gasteiger partial charge in [0.2, 0.25) is 0 Å². The van der Waals surface area contributed by atoms with Gasteiger partial charge < -0.3 is 5.32 Å². The summed E-state index contributed by atoms with van der Waals surface area (Å²) in [4.78, 5) is 13.7. The van der Waals surface area contributed by atoms with E-state index in [0.29, 0.717) is 5.82 Å². The van der Waals surface area contributed by atoms with Crippen molar-refractivity contribution in [3.8, 4) is 11.5 Å². The van der Waals surface area contributed by atoms with Gasteiger partial charge in [0.1, 0.15) is 11.5 Å². The maximum atomic E-state index is 4.68.